The molecule has 0 radical (unpaired) electrons. The maximum absolute atomic E-state index is 13.8. The van der Waals surface area contributed by atoms with Gasteiger partial charge in [0.25, 0.3) is 0 Å². The van der Waals surface area contributed by atoms with E-state index in [0.29, 0.717) is 5.56 Å². The molecule has 1 aliphatic carbocycles. The summed E-state index contributed by atoms with van der Waals surface area (Å²) in [5, 5.41) is 30.9. The summed E-state index contributed by atoms with van der Waals surface area (Å²) in [5.74, 6) is -9.96. The Kier molecular flexibility index (Phi) is 17.1. The number of benzene rings is 3. The van der Waals surface area contributed by atoms with E-state index in [9.17, 15) is 53.4 Å². The molecule has 4 rings (SSSR count). The molecule has 11 N–H and O–H groups in total. The number of hydrogen-bond acceptors (Lipinski definition) is 10. The van der Waals surface area contributed by atoms with Crippen LogP contribution in [0.25, 0.3) is 11.1 Å². The summed E-state index contributed by atoms with van der Waals surface area (Å²) < 4.78 is 5.50. The van der Waals surface area contributed by atoms with E-state index in [2.05, 4.69) is 26.6 Å². The Morgan fingerprint density at radius 3 is 1.65 bits per heavy atom. The highest BCUT2D eigenvalue weighted by molar-refractivity contribution is 5.98. The highest BCUT2D eigenvalue weighted by atomic mass is 16.5. The highest BCUT2D eigenvalue weighted by Gasteiger charge is 2.36. The zero-order chi connectivity index (χ0) is 45.5. The van der Waals surface area contributed by atoms with E-state index in [0.717, 1.165) is 22.3 Å². The van der Waals surface area contributed by atoms with Gasteiger partial charge < -0.3 is 53.0 Å². The van der Waals surface area contributed by atoms with E-state index in [-0.39, 0.29) is 25.4 Å². The summed E-state index contributed by atoms with van der Waals surface area (Å²) in [6.45, 7) is 3.11. The topological polar surface area (TPSA) is 316 Å². The van der Waals surface area contributed by atoms with Crippen molar-refractivity contribution in [1.82, 2.24) is 26.6 Å². The van der Waals surface area contributed by atoms with Gasteiger partial charge in [-0.3, -0.25) is 33.6 Å². The lowest BCUT2D eigenvalue weighted by molar-refractivity contribution is -0.143. The largest absolute Gasteiger partial charge is 0.481 e. The Labute approximate surface area is 356 Å². The maximum Gasteiger partial charge on any atom is 0.407 e. The van der Waals surface area contributed by atoms with Crippen LogP contribution in [0.15, 0.2) is 78.9 Å². The van der Waals surface area contributed by atoms with Gasteiger partial charge in [-0.15, -0.1) is 0 Å². The molecule has 7 amide bonds. The highest BCUT2D eigenvalue weighted by Crippen LogP contribution is 2.44. The summed E-state index contributed by atoms with van der Waals surface area (Å²) in [6.07, 6.45) is -3.55. The average molecular weight is 858 g/mol. The van der Waals surface area contributed by atoms with Gasteiger partial charge >= 0.3 is 18.0 Å². The number of nitrogens with one attached hydrogen (secondary N) is 5. The molecule has 62 heavy (non-hydrogen) atoms. The lowest BCUT2D eigenvalue weighted by Crippen LogP contribution is -2.60. The molecule has 0 heterocycles. The van der Waals surface area contributed by atoms with Crippen molar-refractivity contribution in [1.29, 1.82) is 0 Å². The fourth-order valence-electron chi connectivity index (χ4n) is 6.95. The third-order valence-corrected chi connectivity index (χ3v) is 10.4. The summed E-state index contributed by atoms with van der Waals surface area (Å²) in [7, 11) is 0. The smallest absolute Gasteiger partial charge is 0.407 e. The van der Waals surface area contributed by atoms with E-state index >= 15 is 0 Å². The first-order chi connectivity index (χ1) is 29.5. The Morgan fingerprint density at radius 1 is 0.629 bits per heavy atom. The number of ether oxygens (including phenoxy) is 1. The van der Waals surface area contributed by atoms with Crippen LogP contribution < -0.4 is 38.1 Å². The zero-order valence-corrected chi connectivity index (χ0v) is 34.1. The zero-order valence-electron chi connectivity index (χ0n) is 34.1. The molecule has 0 saturated carbocycles. The Hall–Kier alpha value is -7.31. The summed E-state index contributed by atoms with van der Waals surface area (Å²) in [6, 6.07) is 15.6. The van der Waals surface area contributed by atoms with E-state index in [4.69, 9.17) is 16.2 Å². The van der Waals surface area contributed by atoms with Crippen LogP contribution in [0.4, 0.5) is 4.79 Å². The molecular formula is C43H51N7O12. The molecule has 0 aliphatic heterocycles. The van der Waals surface area contributed by atoms with Crippen molar-refractivity contribution in [3.05, 3.63) is 95.6 Å². The van der Waals surface area contributed by atoms with E-state index in [1.165, 1.54) is 0 Å². The molecule has 19 heteroatoms. The van der Waals surface area contributed by atoms with Crippen molar-refractivity contribution in [3.63, 3.8) is 0 Å². The number of alkyl carbamates (subject to hydrolysis) is 1. The fraction of sp³-hybridized carbons (Fsp3) is 0.372. The standard InChI is InChI=1S/C43H51N7O12/c1-3-23(2)37(41(58)46-30(17-18-36(53)54)38(55)48-33(42(59)60)19-24-11-5-4-6-12-24)50-40(57)31(20-34(44)51)47-39(56)32(21-35(45)52)49-43(61)62-22-29-27-15-9-7-13-25(27)26-14-8-10-16-28(26)29/h4-16,23,29-33,37H,3,17-22H2,1-2H3,(H2,44,51)(H2,45,52)(H,46,58)(H,47,56)(H,48,55)(H,49,61)(H,50,57)(H,53,54)(H,59,60)/t23-,30-,31-,32-,33-,37-/m0/s1. The van der Waals surface area contributed by atoms with Gasteiger partial charge in [-0.2, -0.15) is 0 Å². The number of amides is 7. The van der Waals surface area contributed by atoms with Gasteiger partial charge in [0.1, 0.15) is 36.8 Å². The van der Waals surface area contributed by atoms with E-state index in [1.54, 1.807) is 44.2 Å². The van der Waals surface area contributed by atoms with Crippen LogP contribution in [-0.4, -0.2) is 101 Å². The number of hydrogen-bond donors (Lipinski definition) is 9. The first-order valence-electron chi connectivity index (χ1n) is 19.9. The minimum atomic E-state index is -1.76. The fourth-order valence-corrected chi connectivity index (χ4v) is 6.95. The molecule has 0 saturated heterocycles. The minimum absolute atomic E-state index is 0.123. The van der Waals surface area contributed by atoms with Crippen molar-refractivity contribution in [3.8, 4) is 11.1 Å². The number of rotatable bonds is 23. The van der Waals surface area contributed by atoms with E-state index < -0.39 is 115 Å². The van der Waals surface area contributed by atoms with Crippen molar-refractivity contribution in [2.45, 2.75) is 88.5 Å². The lowest BCUT2D eigenvalue weighted by Gasteiger charge is -2.29. The number of aliphatic carboxylic acids is 2. The van der Waals surface area contributed by atoms with Crippen molar-refractivity contribution >= 4 is 53.5 Å². The Bertz CT molecular complexity index is 2100. The van der Waals surface area contributed by atoms with Gasteiger partial charge in [-0.1, -0.05) is 99.1 Å². The number of carboxylic acid groups (broad SMARTS) is 2. The molecule has 0 bridgehead atoms. The Balaban J connectivity index is 1.46. The maximum atomic E-state index is 13.8. The second-order valence-electron chi connectivity index (χ2n) is 14.9. The second-order valence-corrected chi connectivity index (χ2v) is 14.9. The van der Waals surface area contributed by atoms with Crippen molar-refractivity contribution in [2.24, 2.45) is 17.4 Å². The van der Waals surface area contributed by atoms with Crippen LogP contribution in [0, 0.1) is 5.92 Å². The van der Waals surface area contributed by atoms with Crippen LogP contribution in [-0.2, 0) is 49.5 Å². The molecule has 3 aromatic carbocycles. The van der Waals surface area contributed by atoms with Crippen LogP contribution in [0.3, 0.4) is 0 Å². The van der Waals surface area contributed by atoms with Gasteiger partial charge in [0, 0.05) is 18.8 Å². The predicted octanol–water partition coefficient (Wildman–Crippen LogP) is 0.822. The number of fused-ring (bicyclic) bond motifs is 3. The van der Waals surface area contributed by atoms with Gasteiger partial charge in [0.05, 0.1) is 12.8 Å². The van der Waals surface area contributed by atoms with Crippen molar-refractivity contribution < 1.29 is 58.1 Å². The molecule has 0 aromatic heterocycles. The monoisotopic (exact) mass is 857 g/mol. The normalized spacial score (nSPS) is 14.5. The van der Waals surface area contributed by atoms with Crippen LogP contribution in [0.1, 0.15) is 68.6 Å². The van der Waals surface area contributed by atoms with Gasteiger partial charge in [-0.05, 0) is 40.2 Å². The lowest BCUT2D eigenvalue weighted by atomic mass is 9.96. The Morgan fingerprint density at radius 2 is 1.11 bits per heavy atom. The summed E-state index contributed by atoms with van der Waals surface area (Å²) in [5.41, 5.74) is 15.2. The van der Waals surface area contributed by atoms with Gasteiger partial charge in [-0.25, -0.2) is 9.59 Å². The number of primary amides is 2. The SMILES string of the molecule is CC[C@H](C)[C@H](NC(=O)[C@H](CC(N)=O)NC(=O)[C@H](CC(N)=O)NC(=O)OCC1c2ccccc2-c2ccccc21)C(=O)N[C@@H](CCC(=O)O)C(=O)N[C@@H](Cc1ccccc1)C(=O)O. The van der Waals surface area contributed by atoms with Gasteiger partial charge in [0.2, 0.25) is 35.4 Å². The number of carbonyl (C=O) groups is 9. The molecule has 330 valence electrons. The molecular weight excluding hydrogens is 807 g/mol. The van der Waals surface area contributed by atoms with Crippen molar-refractivity contribution in [2.75, 3.05) is 6.61 Å². The quantitative estimate of drug-likeness (QED) is 0.0641. The first-order valence-corrected chi connectivity index (χ1v) is 19.9. The predicted molar refractivity (Wildman–Crippen MR) is 221 cm³/mol. The molecule has 3 aromatic rings. The molecule has 19 nitrogen and oxygen atoms in total. The van der Waals surface area contributed by atoms with E-state index in [1.807, 2.05) is 48.5 Å². The summed E-state index contributed by atoms with van der Waals surface area (Å²) in [4.78, 5) is 115. The molecule has 0 fully saturated rings. The molecule has 0 unspecified atom stereocenters. The second kappa shape index (κ2) is 22.3. The summed E-state index contributed by atoms with van der Waals surface area (Å²) >= 11 is 0. The molecule has 0 spiro atoms. The van der Waals surface area contributed by atoms with Crippen LogP contribution in [0.5, 0.6) is 0 Å². The van der Waals surface area contributed by atoms with Gasteiger partial charge in [0.15, 0.2) is 0 Å². The van der Waals surface area contributed by atoms with Crippen LogP contribution >= 0.6 is 0 Å². The number of nitrogens with two attached hydrogens (primary N) is 2. The number of carboxylic acids is 2. The first kappa shape index (κ1) is 47.4. The third kappa shape index (κ3) is 13.4. The average Bonchev–Trinajstić information content (AvgIpc) is 3.55. The molecule has 6 atom stereocenters. The van der Waals surface area contributed by atoms with Crippen LogP contribution in [0.2, 0.25) is 0 Å². The number of carbonyl (C=O) groups excluding carboxylic acids is 7. The third-order valence-electron chi connectivity index (χ3n) is 10.4. The minimum Gasteiger partial charge on any atom is -0.481 e. The molecule has 1 aliphatic rings.